The summed E-state index contributed by atoms with van der Waals surface area (Å²) in [5.74, 6) is 0. The molecule has 0 radical (unpaired) electrons. The second kappa shape index (κ2) is 3.88. The largest absolute Gasteiger partial charge is 0.281 e. The monoisotopic (exact) mass is 230 g/mol. The molecular weight excluding hydrogens is 212 g/mol. The summed E-state index contributed by atoms with van der Waals surface area (Å²) in [6, 6.07) is 0. The SMILES string of the molecule is CN(C)S(=O)(=O)N1CCC(=C2CC2)CC1. The van der Waals surface area contributed by atoms with Crippen molar-refractivity contribution in [1.82, 2.24) is 8.61 Å². The Morgan fingerprint density at radius 1 is 1.00 bits per heavy atom. The highest BCUT2D eigenvalue weighted by atomic mass is 32.2. The summed E-state index contributed by atoms with van der Waals surface area (Å²) in [5, 5.41) is 0. The van der Waals surface area contributed by atoms with Crippen molar-refractivity contribution in [3.8, 4) is 0 Å². The summed E-state index contributed by atoms with van der Waals surface area (Å²) in [7, 11) is -0.00959. The van der Waals surface area contributed by atoms with Crippen LogP contribution in [0.5, 0.6) is 0 Å². The van der Waals surface area contributed by atoms with Gasteiger partial charge >= 0.3 is 0 Å². The average molecular weight is 230 g/mol. The van der Waals surface area contributed by atoms with Crippen LogP contribution in [-0.4, -0.2) is 44.2 Å². The molecule has 1 aliphatic carbocycles. The highest BCUT2D eigenvalue weighted by molar-refractivity contribution is 7.86. The lowest BCUT2D eigenvalue weighted by Crippen LogP contribution is -2.43. The van der Waals surface area contributed by atoms with Crippen molar-refractivity contribution < 1.29 is 8.42 Å². The molecule has 0 atom stereocenters. The maximum atomic E-state index is 11.8. The zero-order chi connectivity index (χ0) is 11.1. The summed E-state index contributed by atoms with van der Waals surface area (Å²) in [6.45, 7) is 1.30. The Bertz CT molecular complexity index is 368. The average Bonchev–Trinajstić information content (AvgIpc) is 3.01. The number of hydrogen-bond donors (Lipinski definition) is 0. The zero-order valence-electron chi connectivity index (χ0n) is 9.36. The minimum Gasteiger partial charge on any atom is -0.195 e. The molecule has 0 amide bonds. The first-order valence-electron chi connectivity index (χ1n) is 5.39. The quantitative estimate of drug-likeness (QED) is 0.663. The lowest BCUT2D eigenvalue weighted by molar-refractivity contribution is 0.356. The molecular formula is C10H18N2O2S. The smallest absolute Gasteiger partial charge is 0.195 e. The number of piperidine rings is 1. The van der Waals surface area contributed by atoms with Crippen LogP contribution in [0, 0.1) is 0 Å². The molecule has 2 aliphatic rings. The normalized spacial score (nSPS) is 23.7. The van der Waals surface area contributed by atoms with Gasteiger partial charge < -0.3 is 0 Å². The van der Waals surface area contributed by atoms with Crippen LogP contribution in [0.25, 0.3) is 0 Å². The van der Waals surface area contributed by atoms with Gasteiger partial charge in [-0.05, 0) is 25.7 Å². The Kier molecular flexibility index (Phi) is 2.87. The molecule has 15 heavy (non-hydrogen) atoms. The van der Waals surface area contributed by atoms with Crippen LogP contribution in [0.3, 0.4) is 0 Å². The van der Waals surface area contributed by atoms with Gasteiger partial charge in [-0.1, -0.05) is 11.1 Å². The standard InChI is InChI=1S/C10H18N2O2S/c1-11(2)15(13,14)12-7-5-10(6-8-12)9-3-4-9/h3-8H2,1-2H3. The lowest BCUT2D eigenvalue weighted by Gasteiger charge is -2.29. The van der Waals surface area contributed by atoms with Gasteiger partial charge in [-0.3, -0.25) is 0 Å². The summed E-state index contributed by atoms with van der Waals surface area (Å²) in [6.07, 6.45) is 4.36. The van der Waals surface area contributed by atoms with Gasteiger partial charge in [0.05, 0.1) is 0 Å². The molecule has 1 saturated heterocycles. The van der Waals surface area contributed by atoms with Crippen LogP contribution in [0.2, 0.25) is 0 Å². The Hall–Kier alpha value is -0.390. The van der Waals surface area contributed by atoms with Crippen molar-refractivity contribution >= 4 is 10.2 Å². The second-order valence-electron chi connectivity index (χ2n) is 4.40. The second-order valence-corrected chi connectivity index (χ2v) is 6.54. The van der Waals surface area contributed by atoms with Crippen molar-refractivity contribution in [3.05, 3.63) is 11.1 Å². The van der Waals surface area contributed by atoms with Gasteiger partial charge in [-0.15, -0.1) is 0 Å². The molecule has 0 aromatic heterocycles. The highest BCUT2D eigenvalue weighted by Crippen LogP contribution is 2.36. The van der Waals surface area contributed by atoms with Crippen LogP contribution in [0.4, 0.5) is 0 Å². The fourth-order valence-corrected chi connectivity index (χ4v) is 3.09. The third-order valence-corrected chi connectivity index (χ3v) is 5.05. The number of hydrogen-bond acceptors (Lipinski definition) is 2. The van der Waals surface area contributed by atoms with Crippen LogP contribution in [0.15, 0.2) is 11.1 Å². The van der Waals surface area contributed by atoms with E-state index in [0.717, 1.165) is 12.8 Å². The Balaban J connectivity index is 2.02. The fraction of sp³-hybridized carbons (Fsp3) is 0.800. The van der Waals surface area contributed by atoms with Gasteiger partial charge in [0, 0.05) is 27.2 Å². The van der Waals surface area contributed by atoms with Crippen molar-refractivity contribution in [3.63, 3.8) is 0 Å². The highest BCUT2D eigenvalue weighted by Gasteiger charge is 2.29. The van der Waals surface area contributed by atoms with E-state index in [2.05, 4.69) is 0 Å². The topological polar surface area (TPSA) is 40.6 Å². The first-order chi connectivity index (χ1) is 7.01. The third-order valence-electron chi connectivity index (χ3n) is 3.11. The fourth-order valence-electron chi connectivity index (χ4n) is 1.99. The van der Waals surface area contributed by atoms with Gasteiger partial charge in [-0.2, -0.15) is 17.0 Å². The summed E-state index contributed by atoms with van der Waals surface area (Å²) >= 11 is 0. The van der Waals surface area contributed by atoms with Crippen molar-refractivity contribution in [1.29, 1.82) is 0 Å². The van der Waals surface area contributed by atoms with E-state index in [4.69, 9.17) is 0 Å². The summed E-state index contributed by atoms with van der Waals surface area (Å²) in [5.41, 5.74) is 3.09. The minimum atomic E-state index is -3.18. The van der Waals surface area contributed by atoms with E-state index in [-0.39, 0.29) is 0 Å². The minimum absolute atomic E-state index is 0.652. The first kappa shape index (κ1) is 11.1. The molecule has 0 aromatic carbocycles. The molecule has 5 heteroatoms. The van der Waals surface area contributed by atoms with E-state index in [1.165, 1.54) is 22.7 Å². The Morgan fingerprint density at radius 2 is 1.47 bits per heavy atom. The van der Waals surface area contributed by atoms with Crippen LogP contribution in [0.1, 0.15) is 25.7 Å². The van der Waals surface area contributed by atoms with Gasteiger partial charge in [0.1, 0.15) is 0 Å². The molecule has 1 saturated carbocycles. The van der Waals surface area contributed by atoms with Gasteiger partial charge in [0.2, 0.25) is 0 Å². The van der Waals surface area contributed by atoms with Crippen molar-refractivity contribution in [2.24, 2.45) is 0 Å². The molecule has 1 aliphatic heterocycles. The molecule has 86 valence electrons. The molecule has 0 N–H and O–H groups in total. The maximum Gasteiger partial charge on any atom is 0.281 e. The first-order valence-corrected chi connectivity index (χ1v) is 6.79. The van der Waals surface area contributed by atoms with Crippen molar-refractivity contribution in [2.75, 3.05) is 27.2 Å². The van der Waals surface area contributed by atoms with Crippen LogP contribution >= 0.6 is 0 Å². The van der Waals surface area contributed by atoms with Gasteiger partial charge in [-0.25, -0.2) is 0 Å². The molecule has 4 nitrogen and oxygen atoms in total. The maximum absolute atomic E-state index is 11.8. The molecule has 1 heterocycles. The molecule has 0 aromatic rings. The van der Waals surface area contributed by atoms with E-state index >= 15 is 0 Å². The van der Waals surface area contributed by atoms with Crippen LogP contribution in [-0.2, 0) is 10.2 Å². The third kappa shape index (κ3) is 2.24. The molecule has 0 spiro atoms. The molecule has 0 unspecified atom stereocenters. The summed E-state index contributed by atoms with van der Waals surface area (Å²) in [4.78, 5) is 0. The Labute approximate surface area is 91.7 Å². The van der Waals surface area contributed by atoms with E-state index in [0.29, 0.717) is 13.1 Å². The lowest BCUT2D eigenvalue weighted by atomic mass is 10.1. The van der Waals surface area contributed by atoms with Gasteiger partial charge in [0.25, 0.3) is 10.2 Å². The Morgan fingerprint density at radius 3 is 1.87 bits per heavy atom. The van der Waals surface area contributed by atoms with E-state index in [1.807, 2.05) is 0 Å². The van der Waals surface area contributed by atoms with Gasteiger partial charge in [0.15, 0.2) is 0 Å². The van der Waals surface area contributed by atoms with Crippen LogP contribution < -0.4 is 0 Å². The number of rotatable bonds is 2. The van der Waals surface area contributed by atoms with E-state index < -0.39 is 10.2 Å². The number of allylic oxidation sites excluding steroid dienone is 1. The predicted molar refractivity (Wildman–Crippen MR) is 59.7 cm³/mol. The van der Waals surface area contributed by atoms with E-state index in [9.17, 15) is 8.42 Å². The molecule has 2 rings (SSSR count). The summed E-state index contributed by atoms with van der Waals surface area (Å²) < 4.78 is 26.5. The number of nitrogens with zero attached hydrogens (tertiary/aromatic N) is 2. The van der Waals surface area contributed by atoms with E-state index in [1.54, 1.807) is 24.0 Å². The predicted octanol–water partition coefficient (Wildman–Crippen LogP) is 0.979. The molecule has 0 bridgehead atoms. The molecule has 2 fully saturated rings. The van der Waals surface area contributed by atoms with Crippen molar-refractivity contribution in [2.45, 2.75) is 25.7 Å². The zero-order valence-corrected chi connectivity index (χ0v) is 10.2.